The minimum absolute atomic E-state index is 0.0723. The van der Waals surface area contributed by atoms with Crippen LogP contribution in [0.3, 0.4) is 0 Å². The van der Waals surface area contributed by atoms with Crippen LogP contribution >= 0.6 is 0 Å². The summed E-state index contributed by atoms with van der Waals surface area (Å²) in [5, 5.41) is 21.7. The first-order valence-electron chi connectivity index (χ1n) is 13.6. The molecule has 37 heavy (non-hydrogen) atoms. The molecule has 1 saturated heterocycles. The summed E-state index contributed by atoms with van der Waals surface area (Å²) in [5.41, 5.74) is 2.15. The molecule has 1 fully saturated rings. The Hall–Kier alpha value is -2.03. The maximum Gasteiger partial charge on any atom is 0.330 e. The van der Waals surface area contributed by atoms with Crippen LogP contribution in [0.5, 0.6) is 0 Å². The fraction of sp³-hybridized carbons (Fsp3) is 0.633. The molecule has 0 aromatic heterocycles. The third-order valence-corrected chi connectivity index (χ3v) is 7.53. The van der Waals surface area contributed by atoms with E-state index in [9.17, 15) is 15.0 Å². The highest BCUT2D eigenvalue weighted by molar-refractivity contribution is 5.82. The second-order valence-corrected chi connectivity index (χ2v) is 11.0. The summed E-state index contributed by atoms with van der Waals surface area (Å²) in [4.78, 5) is 12.7. The van der Waals surface area contributed by atoms with Crippen molar-refractivity contribution in [1.82, 2.24) is 0 Å². The normalized spacial score (nSPS) is 40.2. The molecule has 7 nitrogen and oxygen atoms in total. The van der Waals surface area contributed by atoms with Gasteiger partial charge in [0.05, 0.1) is 37.1 Å². The highest BCUT2D eigenvalue weighted by atomic mass is 16.6. The molecule has 0 spiro atoms. The Morgan fingerprint density at radius 2 is 1.86 bits per heavy atom. The summed E-state index contributed by atoms with van der Waals surface area (Å²) in [6.07, 6.45) is 13.7. The molecule has 7 heteroatoms. The van der Waals surface area contributed by atoms with Gasteiger partial charge in [0, 0.05) is 12.5 Å². The van der Waals surface area contributed by atoms with Crippen molar-refractivity contribution in [2.24, 2.45) is 5.92 Å². The monoisotopic (exact) mass is 514 g/mol. The predicted octanol–water partition coefficient (Wildman–Crippen LogP) is 4.11. The van der Waals surface area contributed by atoms with Crippen molar-refractivity contribution >= 4 is 5.97 Å². The van der Waals surface area contributed by atoms with Crippen molar-refractivity contribution in [1.29, 1.82) is 0 Å². The third kappa shape index (κ3) is 8.23. The Labute approximate surface area is 220 Å². The fourth-order valence-corrected chi connectivity index (χ4v) is 5.62. The Morgan fingerprint density at radius 3 is 2.68 bits per heavy atom. The minimum Gasteiger partial charge on any atom is -0.456 e. The van der Waals surface area contributed by atoms with Gasteiger partial charge in [-0.1, -0.05) is 61.1 Å². The van der Waals surface area contributed by atoms with Crippen LogP contribution in [-0.4, -0.2) is 71.6 Å². The predicted molar refractivity (Wildman–Crippen MR) is 141 cm³/mol. The highest BCUT2D eigenvalue weighted by Crippen LogP contribution is 2.31. The lowest BCUT2D eigenvalue weighted by Gasteiger charge is -2.28. The first-order chi connectivity index (χ1) is 17.8. The summed E-state index contributed by atoms with van der Waals surface area (Å²) in [6.45, 7) is 8.95. The Kier molecular flexibility index (Phi) is 9.96. The lowest BCUT2D eigenvalue weighted by Crippen LogP contribution is -2.37. The molecular formula is C30H42O7. The quantitative estimate of drug-likeness (QED) is 0.423. The van der Waals surface area contributed by atoms with E-state index in [4.69, 9.17) is 18.9 Å². The van der Waals surface area contributed by atoms with Crippen molar-refractivity contribution in [3.8, 4) is 0 Å². The van der Waals surface area contributed by atoms with E-state index in [0.717, 1.165) is 31.3 Å². The highest BCUT2D eigenvalue weighted by Gasteiger charge is 2.42. The maximum atomic E-state index is 12.7. The molecule has 0 aromatic rings. The molecule has 0 saturated carbocycles. The first kappa shape index (κ1) is 28.0. The molecule has 4 aliphatic heterocycles. The van der Waals surface area contributed by atoms with Crippen molar-refractivity contribution in [3.63, 3.8) is 0 Å². The van der Waals surface area contributed by atoms with Gasteiger partial charge in [-0.3, -0.25) is 0 Å². The van der Waals surface area contributed by atoms with Gasteiger partial charge in [-0.15, -0.1) is 0 Å². The van der Waals surface area contributed by atoms with Gasteiger partial charge in [-0.2, -0.15) is 0 Å². The van der Waals surface area contributed by atoms with Crippen LogP contribution in [-0.2, 0) is 23.7 Å². The number of ether oxygens (including phenoxy) is 4. The van der Waals surface area contributed by atoms with Gasteiger partial charge in [-0.05, 0) is 51.4 Å². The Bertz CT molecular complexity index is 919. The van der Waals surface area contributed by atoms with E-state index in [1.165, 1.54) is 11.6 Å². The maximum absolute atomic E-state index is 12.7. The molecule has 2 N–H and O–H groups in total. The zero-order valence-electron chi connectivity index (χ0n) is 22.0. The third-order valence-electron chi connectivity index (χ3n) is 7.53. The van der Waals surface area contributed by atoms with Crippen molar-refractivity contribution in [3.05, 3.63) is 60.3 Å². The van der Waals surface area contributed by atoms with Crippen molar-refractivity contribution in [2.45, 2.75) is 108 Å². The lowest BCUT2D eigenvalue weighted by molar-refractivity contribution is -0.144. The zero-order chi connectivity index (χ0) is 26.4. The van der Waals surface area contributed by atoms with Gasteiger partial charge >= 0.3 is 5.97 Å². The zero-order valence-corrected chi connectivity index (χ0v) is 22.0. The summed E-state index contributed by atoms with van der Waals surface area (Å²) in [7, 11) is 0. The van der Waals surface area contributed by atoms with Crippen LogP contribution in [0.4, 0.5) is 0 Å². The molecule has 3 unspecified atom stereocenters. The fourth-order valence-electron chi connectivity index (χ4n) is 5.62. The number of hydrogen-bond donors (Lipinski definition) is 2. The summed E-state index contributed by atoms with van der Waals surface area (Å²) < 4.78 is 23.9. The largest absolute Gasteiger partial charge is 0.456 e. The van der Waals surface area contributed by atoms with Crippen molar-refractivity contribution in [2.75, 3.05) is 6.61 Å². The van der Waals surface area contributed by atoms with E-state index in [1.807, 2.05) is 18.2 Å². The molecule has 4 heterocycles. The van der Waals surface area contributed by atoms with E-state index < -0.39 is 36.5 Å². The van der Waals surface area contributed by atoms with E-state index >= 15 is 0 Å². The number of carbonyl (C=O) groups is 1. The van der Waals surface area contributed by atoms with Crippen molar-refractivity contribution < 1.29 is 34.0 Å². The number of aliphatic hydroxyl groups is 2. The Morgan fingerprint density at radius 1 is 1.03 bits per heavy atom. The average molecular weight is 515 g/mol. The molecule has 4 rings (SSSR count). The SMILES string of the molecule is C=C1C[C@H](C)C[C@@H]2CC=C[C@@H](CC=CC(=O)OC3CC(OC3C=C[C@@H]3CC(C)=CCO3)[C@@H](O)[C@@H](O)C1)O2. The second kappa shape index (κ2) is 13.2. The topological polar surface area (TPSA) is 94.5 Å². The molecule has 9 atom stereocenters. The van der Waals surface area contributed by atoms with E-state index in [-0.39, 0.29) is 31.2 Å². The van der Waals surface area contributed by atoms with Gasteiger partial charge in [-0.25, -0.2) is 4.79 Å². The minimum atomic E-state index is -1.12. The summed E-state index contributed by atoms with van der Waals surface area (Å²) >= 11 is 0. The van der Waals surface area contributed by atoms with Gasteiger partial charge < -0.3 is 29.2 Å². The van der Waals surface area contributed by atoms with Crippen LogP contribution < -0.4 is 0 Å². The van der Waals surface area contributed by atoms with Crippen LogP contribution in [0.1, 0.15) is 58.8 Å². The molecule has 4 aliphatic rings. The molecular weight excluding hydrogens is 472 g/mol. The number of rotatable bonds is 2. The number of esters is 1. The molecule has 0 radical (unpaired) electrons. The molecule has 0 aromatic carbocycles. The number of carbonyl (C=O) groups excluding carboxylic acids is 1. The van der Waals surface area contributed by atoms with Crippen LogP contribution in [0, 0.1) is 5.92 Å². The van der Waals surface area contributed by atoms with E-state index in [2.05, 4.69) is 32.6 Å². The van der Waals surface area contributed by atoms with Crippen LogP contribution in [0.2, 0.25) is 0 Å². The lowest BCUT2D eigenvalue weighted by atomic mass is 9.90. The first-order valence-corrected chi connectivity index (χ1v) is 13.6. The van der Waals surface area contributed by atoms with Crippen LogP contribution in [0.15, 0.2) is 60.3 Å². The molecule has 0 amide bonds. The van der Waals surface area contributed by atoms with Gasteiger partial charge in [0.25, 0.3) is 0 Å². The molecule has 4 bridgehead atoms. The number of hydrogen-bond acceptors (Lipinski definition) is 7. The summed E-state index contributed by atoms with van der Waals surface area (Å²) in [5.74, 6) is -0.129. The van der Waals surface area contributed by atoms with Gasteiger partial charge in [0.1, 0.15) is 18.3 Å². The Balaban J connectivity index is 1.49. The molecule has 204 valence electrons. The van der Waals surface area contributed by atoms with E-state index in [1.54, 1.807) is 6.08 Å². The van der Waals surface area contributed by atoms with Gasteiger partial charge in [0.15, 0.2) is 0 Å². The second-order valence-electron chi connectivity index (χ2n) is 11.0. The number of aliphatic hydroxyl groups excluding tert-OH is 2. The molecule has 0 aliphatic carbocycles. The average Bonchev–Trinajstić information content (AvgIpc) is 3.24. The van der Waals surface area contributed by atoms with Gasteiger partial charge in [0.2, 0.25) is 0 Å². The van der Waals surface area contributed by atoms with Crippen LogP contribution in [0.25, 0.3) is 0 Å². The smallest absolute Gasteiger partial charge is 0.330 e. The number of fused-ring (bicyclic) bond motifs is 4. The van der Waals surface area contributed by atoms with E-state index in [0.29, 0.717) is 18.9 Å². The summed E-state index contributed by atoms with van der Waals surface area (Å²) in [6, 6.07) is 0. The standard InChI is InChI=1S/C30H42O7/c1-19-12-13-34-23(15-19)10-11-26-27-18-28(36-26)30(33)25(31)17-21(3)14-20(2)16-24-8-4-6-22(35-24)7-5-9-29(32)37-27/h4-6,9-12,20,22-28,30-31,33H,3,7-8,13-18H2,1-2H3/t20-,22-,23+,24-,25-,26?,27?,28?,30-/m0/s1.